The highest BCUT2D eigenvalue weighted by Gasteiger charge is 2.45. The maximum Gasteiger partial charge on any atom is 0.271 e. The first kappa shape index (κ1) is 51.1. The molecule has 3 aliphatic rings. The van der Waals surface area contributed by atoms with E-state index in [0.717, 1.165) is 69.1 Å². The minimum absolute atomic E-state index is 0.0239. The predicted molar refractivity (Wildman–Crippen MR) is 253 cm³/mol. The van der Waals surface area contributed by atoms with Crippen molar-refractivity contribution in [2.45, 2.75) is 115 Å². The minimum atomic E-state index is -1.07. The summed E-state index contributed by atoms with van der Waals surface area (Å²) in [6, 6.07) is 8.18. The number of imide groups is 2. The first-order chi connectivity index (χ1) is 32.8. The van der Waals surface area contributed by atoms with Crippen LogP contribution in [0.3, 0.4) is 0 Å². The van der Waals surface area contributed by atoms with Gasteiger partial charge in [0.05, 0.1) is 45.2 Å². The monoisotopic (exact) mass is 976 g/mol. The van der Waals surface area contributed by atoms with Crippen molar-refractivity contribution in [2.24, 2.45) is 0 Å². The maximum absolute atomic E-state index is 13.2. The van der Waals surface area contributed by atoms with Crippen LogP contribution in [0.2, 0.25) is 10.0 Å². The van der Waals surface area contributed by atoms with Gasteiger partial charge < -0.3 is 31.5 Å². The lowest BCUT2D eigenvalue weighted by molar-refractivity contribution is -0.136. The molecule has 19 nitrogen and oxygen atoms in total. The number of anilines is 2. The zero-order valence-electron chi connectivity index (χ0n) is 37.8. The molecule has 6 rings (SSSR count). The molecule has 1 aromatic heterocycles. The van der Waals surface area contributed by atoms with E-state index in [2.05, 4.69) is 42.1 Å². The summed E-state index contributed by atoms with van der Waals surface area (Å²) in [5.41, 5.74) is 0.917. The molecule has 3 aromatic rings. The lowest BCUT2D eigenvalue weighted by Crippen LogP contribution is -2.54. The number of nitrogens with zero attached hydrogens (tertiary/aromatic N) is 3. The SMILES string of the molecule is O=C(CCCCCCCNC(=O)CNc1cccc2c1C(=O)N(C1CCC(=O)NC1=O)C2=O)NCCCCCCCC(=O)N1CCC(NC(=O)c2[nH]ncc2NC(=O)c2c(Cl)cccc2Cl)CC1. The average molecular weight is 978 g/mol. The Morgan fingerprint density at radius 2 is 1.34 bits per heavy atom. The molecule has 2 saturated heterocycles. The second-order valence-electron chi connectivity index (χ2n) is 17.1. The molecule has 0 bridgehead atoms. The molecule has 68 heavy (non-hydrogen) atoms. The lowest BCUT2D eigenvalue weighted by Gasteiger charge is -2.32. The van der Waals surface area contributed by atoms with Gasteiger partial charge in [-0.05, 0) is 69.2 Å². The van der Waals surface area contributed by atoms with Crippen molar-refractivity contribution in [3.8, 4) is 0 Å². The highest BCUT2D eigenvalue weighted by atomic mass is 35.5. The third-order valence-corrected chi connectivity index (χ3v) is 12.8. The molecule has 2 fully saturated rings. The number of rotatable bonds is 24. The lowest BCUT2D eigenvalue weighted by atomic mass is 10.0. The van der Waals surface area contributed by atoms with Crippen LogP contribution in [-0.2, 0) is 24.0 Å². The van der Waals surface area contributed by atoms with Gasteiger partial charge >= 0.3 is 0 Å². The van der Waals surface area contributed by atoms with Crippen LogP contribution in [-0.4, -0.2) is 118 Å². The Hall–Kier alpha value is -6.34. The smallest absolute Gasteiger partial charge is 0.271 e. The van der Waals surface area contributed by atoms with Gasteiger partial charge in [-0.1, -0.05) is 73.9 Å². The van der Waals surface area contributed by atoms with Crippen LogP contribution < -0.4 is 31.9 Å². The molecular weight excluding hydrogens is 919 g/mol. The summed E-state index contributed by atoms with van der Waals surface area (Å²) in [5.74, 6) is -3.54. The van der Waals surface area contributed by atoms with Crippen molar-refractivity contribution in [3.05, 3.63) is 75.0 Å². The van der Waals surface area contributed by atoms with Crippen LogP contribution in [0.5, 0.6) is 0 Å². The third kappa shape index (κ3) is 13.9. The Morgan fingerprint density at radius 1 is 0.706 bits per heavy atom. The molecule has 21 heteroatoms. The number of benzene rings is 2. The second-order valence-corrected chi connectivity index (χ2v) is 17.9. The van der Waals surface area contributed by atoms with E-state index in [-0.39, 0.29) is 81.3 Å². The number of likely N-dealkylation sites (tertiary alicyclic amines) is 1. The number of piperidine rings is 2. The summed E-state index contributed by atoms with van der Waals surface area (Å²) < 4.78 is 0. The number of fused-ring (bicyclic) bond motifs is 1. The average Bonchev–Trinajstić information content (AvgIpc) is 3.88. The van der Waals surface area contributed by atoms with Gasteiger partial charge in [-0.25, -0.2) is 0 Å². The number of aromatic amines is 1. The Kier molecular flexibility index (Phi) is 18.9. The van der Waals surface area contributed by atoms with E-state index < -0.39 is 41.5 Å². The fourth-order valence-electron chi connectivity index (χ4n) is 8.46. The number of halogens is 2. The normalized spacial score (nSPS) is 16.0. The number of amides is 9. The molecule has 4 heterocycles. The summed E-state index contributed by atoms with van der Waals surface area (Å²) in [5, 5.41) is 23.5. The van der Waals surface area contributed by atoms with Crippen molar-refractivity contribution in [2.75, 3.05) is 43.4 Å². The number of aromatic nitrogens is 2. The van der Waals surface area contributed by atoms with Gasteiger partial charge in [-0.2, -0.15) is 5.10 Å². The zero-order valence-corrected chi connectivity index (χ0v) is 39.3. The van der Waals surface area contributed by atoms with Gasteiger partial charge in [0.2, 0.25) is 29.5 Å². The molecule has 1 unspecified atom stereocenters. The molecule has 0 saturated carbocycles. The largest absolute Gasteiger partial charge is 0.375 e. The summed E-state index contributed by atoms with van der Waals surface area (Å²) in [4.78, 5) is 117. The van der Waals surface area contributed by atoms with Crippen LogP contribution >= 0.6 is 23.2 Å². The number of nitrogens with one attached hydrogen (secondary N) is 7. The Morgan fingerprint density at radius 3 is 2.03 bits per heavy atom. The number of hydrogen-bond acceptors (Lipinski definition) is 11. The number of hydrogen-bond donors (Lipinski definition) is 7. The molecule has 7 N–H and O–H groups in total. The van der Waals surface area contributed by atoms with E-state index in [1.165, 1.54) is 12.3 Å². The first-order valence-corrected chi connectivity index (χ1v) is 24.1. The number of H-pyrrole nitrogens is 1. The van der Waals surface area contributed by atoms with Crippen LogP contribution in [0.15, 0.2) is 42.6 Å². The van der Waals surface area contributed by atoms with Crippen LogP contribution in [0.4, 0.5) is 11.4 Å². The second kappa shape index (κ2) is 25.1. The van der Waals surface area contributed by atoms with Gasteiger partial charge in [-0.15, -0.1) is 0 Å². The Balaban J connectivity index is 0.728. The quantitative estimate of drug-likeness (QED) is 0.0458. The standard InChI is InChI=1S/C47H58Cl2N10O9/c48-31-14-12-15-32(49)41(31)44(65)55-34-27-53-57-42(34)45(66)54-29-21-25-58(26-22-29)39(63)18-8-4-2-6-9-23-50-36(60)17-7-3-1-5-10-24-51-38(62)28-52-33-16-11-13-30-40(33)47(68)59(46(30)67)35-19-20-37(61)56-43(35)64/h11-16,27,29,35,52H,1-10,17-26,28H2,(H,50,60)(H,51,62)(H,53,57)(H,54,66)(H,55,65)(H,56,61,64). The van der Waals surface area contributed by atoms with Crippen LogP contribution in [0.25, 0.3) is 0 Å². The fraction of sp³-hybridized carbons (Fsp3) is 0.489. The topological polar surface area (TPSA) is 261 Å². The molecule has 9 amide bonds. The molecule has 3 aliphatic heterocycles. The van der Waals surface area contributed by atoms with E-state index in [4.69, 9.17) is 23.2 Å². The predicted octanol–water partition coefficient (Wildman–Crippen LogP) is 5.12. The molecule has 0 aliphatic carbocycles. The molecule has 0 radical (unpaired) electrons. The van der Waals surface area contributed by atoms with Gasteiger partial charge in [0.1, 0.15) is 11.7 Å². The van der Waals surface area contributed by atoms with Gasteiger partial charge in [-0.3, -0.25) is 58.5 Å². The van der Waals surface area contributed by atoms with E-state index in [9.17, 15) is 43.2 Å². The van der Waals surface area contributed by atoms with E-state index in [0.29, 0.717) is 57.5 Å². The van der Waals surface area contributed by atoms with Crippen LogP contribution in [0.1, 0.15) is 144 Å². The van der Waals surface area contributed by atoms with E-state index in [1.54, 1.807) is 30.3 Å². The maximum atomic E-state index is 13.2. The summed E-state index contributed by atoms with van der Waals surface area (Å²) >= 11 is 12.3. The number of carbonyl (C=O) groups is 9. The van der Waals surface area contributed by atoms with Crippen LogP contribution in [0, 0.1) is 0 Å². The van der Waals surface area contributed by atoms with Crippen molar-refractivity contribution in [3.63, 3.8) is 0 Å². The Bertz CT molecular complexity index is 2350. The number of carbonyl (C=O) groups excluding carboxylic acids is 9. The summed E-state index contributed by atoms with van der Waals surface area (Å²) in [6.45, 7) is 2.04. The summed E-state index contributed by atoms with van der Waals surface area (Å²) in [6.07, 6.45) is 12.3. The molecule has 2 aromatic carbocycles. The minimum Gasteiger partial charge on any atom is -0.375 e. The fourth-order valence-corrected chi connectivity index (χ4v) is 9.03. The van der Waals surface area contributed by atoms with Crippen molar-refractivity contribution >= 4 is 87.7 Å². The highest BCUT2D eigenvalue weighted by molar-refractivity contribution is 6.40. The number of unbranched alkanes of at least 4 members (excludes halogenated alkanes) is 8. The van der Waals surface area contributed by atoms with Gasteiger partial charge in [0.15, 0.2) is 0 Å². The Labute approximate surface area is 403 Å². The van der Waals surface area contributed by atoms with Crippen molar-refractivity contribution in [1.29, 1.82) is 0 Å². The van der Waals surface area contributed by atoms with E-state index in [1.807, 2.05) is 4.90 Å². The van der Waals surface area contributed by atoms with Crippen molar-refractivity contribution < 1.29 is 43.2 Å². The molecular formula is C47H58Cl2N10O9. The summed E-state index contributed by atoms with van der Waals surface area (Å²) in [7, 11) is 0. The first-order valence-electron chi connectivity index (χ1n) is 23.3. The third-order valence-electron chi connectivity index (χ3n) is 12.2. The van der Waals surface area contributed by atoms with E-state index >= 15 is 0 Å². The molecule has 364 valence electrons. The van der Waals surface area contributed by atoms with Gasteiger partial charge in [0, 0.05) is 57.2 Å². The highest BCUT2D eigenvalue weighted by Crippen LogP contribution is 2.32. The van der Waals surface area contributed by atoms with Crippen molar-refractivity contribution in [1.82, 2.24) is 41.3 Å². The van der Waals surface area contributed by atoms with Gasteiger partial charge in [0.25, 0.3) is 23.6 Å². The molecule has 1 atom stereocenters. The zero-order chi connectivity index (χ0) is 48.6. The molecule has 0 spiro atoms.